The van der Waals surface area contributed by atoms with Gasteiger partial charge in [0.1, 0.15) is 0 Å². The molecule has 6 heteroatoms. The van der Waals surface area contributed by atoms with Gasteiger partial charge in [-0.05, 0) is 19.3 Å². The van der Waals surface area contributed by atoms with Crippen LogP contribution in [0.3, 0.4) is 0 Å². The van der Waals surface area contributed by atoms with Gasteiger partial charge in [0.05, 0.1) is 5.54 Å². The van der Waals surface area contributed by atoms with Gasteiger partial charge in [0, 0.05) is 25.4 Å². The number of carbonyl (C=O) groups is 2. The summed E-state index contributed by atoms with van der Waals surface area (Å²) in [7, 11) is 0. The highest BCUT2D eigenvalue weighted by Gasteiger charge is 2.33. The van der Waals surface area contributed by atoms with Crippen molar-refractivity contribution < 1.29 is 9.59 Å². The summed E-state index contributed by atoms with van der Waals surface area (Å²) in [6, 6.07) is 0. The molecule has 0 spiro atoms. The van der Waals surface area contributed by atoms with Gasteiger partial charge < -0.3 is 16.4 Å². The maximum Gasteiger partial charge on any atom is 0.224 e. The lowest BCUT2D eigenvalue weighted by atomic mass is 9.87. The topological polar surface area (TPSA) is 84.2 Å². The van der Waals surface area contributed by atoms with Gasteiger partial charge in [-0.25, -0.2) is 0 Å². The van der Waals surface area contributed by atoms with Gasteiger partial charge in [0.15, 0.2) is 0 Å². The van der Waals surface area contributed by atoms with E-state index < -0.39 is 5.54 Å². The summed E-state index contributed by atoms with van der Waals surface area (Å²) in [6.07, 6.45) is 0.987. The largest absolute Gasteiger partial charge is 0.356 e. The number of rotatable bonds is 4. The molecule has 1 aliphatic heterocycles. The van der Waals surface area contributed by atoms with E-state index in [-0.39, 0.29) is 42.5 Å². The second-order valence-corrected chi connectivity index (χ2v) is 5.31. The van der Waals surface area contributed by atoms with Gasteiger partial charge in [-0.1, -0.05) is 13.8 Å². The molecule has 1 heterocycles. The molecule has 18 heavy (non-hydrogen) atoms. The summed E-state index contributed by atoms with van der Waals surface area (Å²) in [4.78, 5) is 23.3. The maximum absolute atomic E-state index is 12.1. The van der Waals surface area contributed by atoms with Crippen LogP contribution in [0.4, 0.5) is 0 Å². The summed E-state index contributed by atoms with van der Waals surface area (Å²) in [5.74, 6) is -0.0564. The summed E-state index contributed by atoms with van der Waals surface area (Å²) in [6.45, 7) is 6.98. The minimum atomic E-state index is -0.398. The van der Waals surface area contributed by atoms with Crippen LogP contribution in [0.2, 0.25) is 0 Å². The predicted molar refractivity (Wildman–Crippen MR) is 73.4 cm³/mol. The molecule has 0 aromatic rings. The van der Waals surface area contributed by atoms with Crippen molar-refractivity contribution in [1.82, 2.24) is 10.6 Å². The number of nitrogens with two attached hydrogens (primary N) is 1. The average molecular weight is 278 g/mol. The average Bonchev–Trinajstić information content (AvgIpc) is 2.28. The van der Waals surface area contributed by atoms with Crippen molar-refractivity contribution in [2.75, 3.05) is 13.1 Å². The molecule has 0 bridgehead atoms. The van der Waals surface area contributed by atoms with Crippen molar-refractivity contribution in [2.45, 2.75) is 39.2 Å². The Balaban J connectivity index is 0.00000289. The highest BCUT2D eigenvalue weighted by Crippen LogP contribution is 2.18. The third-order valence-corrected chi connectivity index (χ3v) is 3.72. The lowest BCUT2D eigenvalue weighted by Crippen LogP contribution is -2.57. The zero-order valence-electron chi connectivity index (χ0n) is 11.3. The van der Waals surface area contributed by atoms with Gasteiger partial charge in [-0.2, -0.15) is 0 Å². The lowest BCUT2D eigenvalue weighted by Gasteiger charge is -2.35. The third kappa shape index (κ3) is 4.14. The zero-order chi connectivity index (χ0) is 13.1. The van der Waals surface area contributed by atoms with Crippen molar-refractivity contribution in [3.05, 3.63) is 0 Å². The van der Waals surface area contributed by atoms with Crippen LogP contribution in [0.5, 0.6) is 0 Å². The standard InChI is InChI=1S/C12H23N3O2.ClH/c1-8(2)12(3,7-13)15-11(17)9-4-5-14-10(16)6-9;/h8-9H,4-7,13H2,1-3H3,(H,14,16)(H,15,17);1H. The smallest absolute Gasteiger partial charge is 0.224 e. The number of halogens is 1. The fourth-order valence-electron chi connectivity index (χ4n) is 1.82. The van der Waals surface area contributed by atoms with Crippen LogP contribution in [0.15, 0.2) is 0 Å². The van der Waals surface area contributed by atoms with E-state index in [1.165, 1.54) is 0 Å². The maximum atomic E-state index is 12.1. The minimum absolute atomic E-state index is 0. The Bertz CT molecular complexity index is 310. The Labute approximate surface area is 115 Å². The normalized spacial score (nSPS) is 22.7. The Morgan fingerprint density at radius 2 is 2.22 bits per heavy atom. The summed E-state index contributed by atoms with van der Waals surface area (Å²) >= 11 is 0. The first kappa shape index (κ1) is 17.2. The molecule has 0 aromatic carbocycles. The molecule has 1 fully saturated rings. The molecular weight excluding hydrogens is 254 g/mol. The van der Waals surface area contributed by atoms with Crippen molar-refractivity contribution in [1.29, 1.82) is 0 Å². The van der Waals surface area contributed by atoms with Crippen LogP contribution in [0.1, 0.15) is 33.6 Å². The van der Waals surface area contributed by atoms with E-state index in [9.17, 15) is 9.59 Å². The lowest BCUT2D eigenvalue weighted by molar-refractivity contribution is -0.133. The van der Waals surface area contributed by atoms with Crippen LogP contribution < -0.4 is 16.4 Å². The molecule has 1 rings (SSSR count). The summed E-state index contributed by atoms with van der Waals surface area (Å²) < 4.78 is 0. The van der Waals surface area contributed by atoms with E-state index in [4.69, 9.17) is 5.73 Å². The van der Waals surface area contributed by atoms with Crippen molar-refractivity contribution in [3.63, 3.8) is 0 Å². The van der Waals surface area contributed by atoms with Gasteiger partial charge in [-0.3, -0.25) is 9.59 Å². The van der Waals surface area contributed by atoms with E-state index in [1.54, 1.807) is 0 Å². The van der Waals surface area contributed by atoms with E-state index in [0.717, 1.165) is 0 Å². The molecular formula is C12H24ClN3O2. The Hall–Kier alpha value is -0.810. The van der Waals surface area contributed by atoms with Gasteiger partial charge >= 0.3 is 0 Å². The highest BCUT2D eigenvalue weighted by atomic mass is 35.5. The van der Waals surface area contributed by atoms with Crippen molar-refractivity contribution >= 4 is 24.2 Å². The van der Waals surface area contributed by atoms with Crippen molar-refractivity contribution in [2.24, 2.45) is 17.6 Å². The van der Waals surface area contributed by atoms with Crippen LogP contribution >= 0.6 is 12.4 Å². The monoisotopic (exact) mass is 277 g/mol. The van der Waals surface area contributed by atoms with Gasteiger partial charge in [0.2, 0.25) is 11.8 Å². The van der Waals surface area contributed by atoms with E-state index >= 15 is 0 Å². The molecule has 0 saturated carbocycles. The first-order chi connectivity index (χ1) is 7.89. The number of carbonyl (C=O) groups excluding carboxylic acids is 2. The molecule has 0 radical (unpaired) electrons. The fraction of sp³-hybridized carbons (Fsp3) is 0.833. The zero-order valence-corrected chi connectivity index (χ0v) is 12.1. The number of piperidine rings is 1. The number of hydrogen-bond donors (Lipinski definition) is 3. The number of nitrogens with one attached hydrogen (secondary N) is 2. The predicted octanol–water partition coefficient (Wildman–Crippen LogP) is 0.424. The summed E-state index contributed by atoms with van der Waals surface area (Å²) in [5, 5.41) is 5.71. The van der Waals surface area contributed by atoms with Gasteiger partial charge in [-0.15, -0.1) is 12.4 Å². The number of amides is 2. The first-order valence-corrected chi connectivity index (χ1v) is 6.18. The van der Waals surface area contributed by atoms with Crippen LogP contribution in [-0.2, 0) is 9.59 Å². The first-order valence-electron chi connectivity index (χ1n) is 6.18. The third-order valence-electron chi connectivity index (χ3n) is 3.72. The molecule has 1 aliphatic rings. The minimum Gasteiger partial charge on any atom is -0.356 e. The molecule has 2 amide bonds. The highest BCUT2D eigenvalue weighted by molar-refractivity contribution is 5.87. The van der Waals surface area contributed by atoms with E-state index in [2.05, 4.69) is 10.6 Å². The fourth-order valence-corrected chi connectivity index (χ4v) is 1.82. The Morgan fingerprint density at radius 3 is 2.67 bits per heavy atom. The second-order valence-electron chi connectivity index (χ2n) is 5.31. The van der Waals surface area contributed by atoms with E-state index in [1.807, 2.05) is 20.8 Å². The van der Waals surface area contributed by atoms with Crippen molar-refractivity contribution in [3.8, 4) is 0 Å². The second kappa shape index (κ2) is 6.95. The molecule has 5 nitrogen and oxygen atoms in total. The molecule has 2 unspecified atom stereocenters. The molecule has 106 valence electrons. The molecule has 2 atom stereocenters. The Morgan fingerprint density at radius 1 is 1.61 bits per heavy atom. The summed E-state index contributed by atoms with van der Waals surface area (Å²) in [5.41, 5.74) is 5.32. The van der Waals surface area contributed by atoms with Crippen LogP contribution in [0, 0.1) is 11.8 Å². The molecule has 0 aromatic heterocycles. The molecule has 4 N–H and O–H groups in total. The Kier molecular flexibility index (Phi) is 6.63. The SMILES string of the molecule is CC(C)C(C)(CN)NC(=O)C1CCNC(=O)C1.Cl. The van der Waals surface area contributed by atoms with Gasteiger partial charge in [0.25, 0.3) is 0 Å². The quantitative estimate of drug-likeness (QED) is 0.696. The molecule has 1 saturated heterocycles. The number of hydrogen-bond acceptors (Lipinski definition) is 3. The van der Waals surface area contributed by atoms with Crippen LogP contribution in [0.25, 0.3) is 0 Å². The van der Waals surface area contributed by atoms with Crippen LogP contribution in [-0.4, -0.2) is 30.4 Å². The molecule has 0 aliphatic carbocycles. The van der Waals surface area contributed by atoms with E-state index in [0.29, 0.717) is 19.5 Å².